The molecular weight excluding hydrogens is 604 g/mol. The number of likely N-dealkylation sites (tertiary alicyclic amines) is 3. The number of aromatic nitrogens is 2. The topological polar surface area (TPSA) is 91.2 Å². The number of benzene rings is 2. The first-order valence-corrected chi connectivity index (χ1v) is 16.7. The largest absolute Gasteiger partial charge is 0.446 e. The summed E-state index contributed by atoms with van der Waals surface area (Å²) in [7, 11) is 0. The molecule has 3 aliphatic heterocycles. The van der Waals surface area contributed by atoms with Gasteiger partial charge in [0.05, 0.1) is 23.1 Å². The van der Waals surface area contributed by atoms with Crippen LogP contribution < -0.4 is 4.90 Å². The summed E-state index contributed by atoms with van der Waals surface area (Å²) in [6, 6.07) is 15.5. The average Bonchev–Trinajstić information content (AvgIpc) is 3.74. The van der Waals surface area contributed by atoms with E-state index in [-0.39, 0.29) is 24.0 Å². The van der Waals surface area contributed by atoms with E-state index in [4.69, 9.17) is 16.3 Å². The molecule has 3 aromatic rings. The van der Waals surface area contributed by atoms with Crippen molar-refractivity contribution in [3.05, 3.63) is 76.6 Å². The number of carbonyl (C=O) groups is 3. The lowest BCUT2D eigenvalue weighted by Crippen LogP contribution is -2.43. The third kappa shape index (κ3) is 6.93. The number of hydrogen-bond acceptors (Lipinski definition) is 6. The Hall–Kier alpha value is -3.89. The van der Waals surface area contributed by atoms with Crippen LogP contribution in [0.25, 0.3) is 5.69 Å². The van der Waals surface area contributed by atoms with Crippen LogP contribution in [0, 0.1) is 25.7 Å². The molecule has 244 valence electrons. The third-order valence-electron chi connectivity index (χ3n) is 9.79. The summed E-state index contributed by atoms with van der Waals surface area (Å²) in [5.41, 5.74) is 4.13. The van der Waals surface area contributed by atoms with Crippen molar-refractivity contribution >= 4 is 35.2 Å². The van der Waals surface area contributed by atoms with Gasteiger partial charge in [0, 0.05) is 76.3 Å². The fraction of sp³-hybridized carbons (Fsp3) is 0.486. The number of aryl methyl sites for hydroxylation is 1. The van der Waals surface area contributed by atoms with E-state index < -0.39 is 0 Å². The molecule has 0 spiro atoms. The van der Waals surface area contributed by atoms with Crippen molar-refractivity contribution in [1.29, 1.82) is 0 Å². The van der Waals surface area contributed by atoms with Gasteiger partial charge in [-0.3, -0.25) is 14.5 Å². The number of piperidine rings is 1. The zero-order chi connectivity index (χ0) is 32.4. The van der Waals surface area contributed by atoms with Gasteiger partial charge < -0.3 is 19.4 Å². The first-order chi connectivity index (χ1) is 22.2. The Labute approximate surface area is 275 Å². The molecule has 3 fully saturated rings. The van der Waals surface area contributed by atoms with Gasteiger partial charge in [-0.25, -0.2) is 9.48 Å². The lowest BCUT2D eigenvalue weighted by molar-refractivity contribution is -0.130. The van der Waals surface area contributed by atoms with Crippen LogP contribution in [0.4, 0.5) is 10.5 Å². The molecule has 0 aliphatic carbocycles. The number of carbonyl (C=O) groups excluding carboxylic acids is 3. The summed E-state index contributed by atoms with van der Waals surface area (Å²) in [4.78, 5) is 46.6. The first-order valence-electron chi connectivity index (χ1n) is 16.3. The van der Waals surface area contributed by atoms with E-state index in [1.165, 1.54) is 0 Å². The fourth-order valence-electron chi connectivity index (χ4n) is 7.08. The van der Waals surface area contributed by atoms with E-state index in [0.29, 0.717) is 54.9 Å². The summed E-state index contributed by atoms with van der Waals surface area (Å²) >= 11 is 6.45. The molecule has 3 saturated heterocycles. The molecule has 3 aliphatic rings. The van der Waals surface area contributed by atoms with Crippen LogP contribution in [-0.4, -0.2) is 101 Å². The number of anilines is 1. The molecule has 46 heavy (non-hydrogen) atoms. The fourth-order valence-corrected chi connectivity index (χ4v) is 7.26. The third-order valence-corrected chi connectivity index (χ3v) is 10.2. The molecule has 10 nitrogen and oxygen atoms in total. The van der Waals surface area contributed by atoms with Crippen LogP contribution in [0.5, 0.6) is 0 Å². The molecule has 0 saturated carbocycles. The highest BCUT2D eigenvalue weighted by atomic mass is 35.5. The van der Waals surface area contributed by atoms with Crippen molar-refractivity contribution < 1.29 is 19.1 Å². The normalized spacial score (nSPS) is 20.2. The SMILES string of the molecule is CC(=O)N1CCC(OC(=O)N(CCCN2CC3CN(C(=O)c4cnn(-c5ccccc5)c4C)CC3C2)c2ccc(C)c(Cl)c2)CC1. The predicted octanol–water partition coefficient (Wildman–Crippen LogP) is 5.19. The van der Waals surface area contributed by atoms with E-state index in [9.17, 15) is 14.4 Å². The number of fused-ring (bicyclic) bond motifs is 1. The summed E-state index contributed by atoms with van der Waals surface area (Å²) in [6.07, 6.45) is 3.16. The van der Waals surface area contributed by atoms with Gasteiger partial charge in [-0.05, 0) is 68.5 Å². The minimum atomic E-state index is -0.375. The number of nitrogens with zero attached hydrogens (tertiary/aromatic N) is 6. The molecule has 2 unspecified atom stereocenters. The van der Waals surface area contributed by atoms with Crippen LogP contribution in [0.2, 0.25) is 5.02 Å². The zero-order valence-electron chi connectivity index (χ0n) is 26.9. The number of hydrogen-bond donors (Lipinski definition) is 0. The van der Waals surface area contributed by atoms with Crippen LogP contribution in [0.15, 0.2) is 54.7 Å². The van der Waals surface area contributed by atoms with Gasteiger partial charge >= 0.3 is 6.09 Å². The first kappa shape index (κ1) is 32.1. The number of para-hydroxylation sites is 1. The average molecular weight is 647 g/mol. The highest BCUT2D eigenvalue weighted by molar-refractivity contribution is 6.31. The van der Waals surface area contributed by atoms with Gasteiger partial charge in [-0.2, -0.15) is 5.10 Å². The van der Waals surface area contributed by atoms with E-state index in [0.717, 1.165) is 61.8 Å². The van der Waals surface area contributed by atoms with Crippen molar-refractivity contribution in [3.8, 4) is 5.69 Å². The Morgan fingerprint density at radius 2 is 1.65 bits per heavy atom. The minimum Gasteiger partial charge on any atom is -0.446 e. The molecule has 2 atom stereocenters. The van der Waals surface area contributed by atoms with Crippen molar-refractivity contribution in [2.24, 2.45) is 11.8 Å². The number of ether oxygens (including phenoxy) is 1. The molecular formula is C35H43ClN6O4. The molecule has 4 heterocycles. The van der Waals surface area contributed by atoms with Gasteiger partial charge in [-0.1, -0.05) is 35.9 Å². The predicted molar refractivity (Wildman–Crippen MR) is 178 cm³/mol. The van der Waals surface area contributed by atoms with Crippen molar-refractivity contribution in [2.45, 2.75) is 46.1 Å². The van der Waals surface area contributed by atoms with Gasteiger partial charge in [0.2, 0.25) is 5.91 Å². The lowest BCUT2D eigenvalue weighted by atomic mass is 10.0. The molecule has 3 amide bonds. The molecule has 0 N–H and O–H groups in total. The molecule has 1 aromatic heterocycles. The minimum absolute atomic E-state index is 0.0528. The Morgan fingerprint density at radius 1 is 0.957 bits per heavy atom. The van der Waals surface area contributed by atoms with Gasteiger partial charge in [-0.15, -0.1) is 0 Å². The second-order valence-corrected chi connectivity index (χ2v) is 13.3. The maximum atomic E-state index is 13.5. The maximum absolute atomic E-state index is 13.5. The highest BCUT2D eigenvalue weighted by Gasteiger charge is 2.42. The van der Waals surface area contributed by atoms with E-state index in [1.807, 2.05) is 72.0 Å². The highest BCUT2D eigenvalue weighted by Crippen LogP contribution is 2.33. The van der Waals surface area contributed by atoms with Crippen LogP contribution >= 0.6 is 11.6 Å². The molecule has 6 rings (SSSR count). The monoisotopic (exact) mass is 646 g/mol. The maximum Gasteiger partial charge on any atom is 0.414 e. The van der Waals surface area contributed by atoms with Gasteiger partial charge in [0.15, 0.2) is 0 Å². The van der Waals surface area contributed by atoms with Crippen molar-refractivity contribution in [2.75, 3.05) is 57.3 Å². The summed E-state index contributed by atoms with van der Waals surface area (Å²) in [6.45, 7) is 11.4. The quantitative estimate of drug-likeness (QED) is 0.335. The zero-order valence-corrected chi connectivity index (χ0v) is 27.7. The summed E-state index contributed by atoms with van der Waals surface area (Å²) < 4.78 is 7.77. The second-order valence-electron chi connectivity index (χ2n) is 12.9. The summed E-state index contributed by atoms with van der Waals surface area (Å²) in [5, 5.41) is 5.11. The van der Waals surface area contributed by atoms with Crippen LogP contribution in [0.1, 0.15) is 47.8 Å². The molecule has 0 bridgehead atoms. The van der Waals surface area contributed by atoms with Crippen LogP contribution in [0.3, 0.4) is 0 Å². The Morgan fingerprint density at radius 3 is 2.30 bits per heavy atom. The molecule has 11 heteroatoms. The van der Waals surface area contributed by atoms with Gasteiger partial charge in [0.1, 0.15) is 6.10 Å². The second kappa shape index (κ2) is 13.8. The van der Waals surface area contributed by atoms with E-state index >= 15 is 0 Å². The van der Waals surface area contributed by atoms with Crippen molar-refractivity contribution in [1.82, 2.24) is 24.5 Å². The number of halogens is 1. The summed E-state index contributed by atoms with van der Waals surface area (Å²) in [5.74, 6) is 0.980. The lowest BCUT2D eigenvalue weighted by Gasteiger charge is -2.32. The smallest absolute Gasteiger partial charge is 0.414 e. The number of rotatable bonds is 8. The Bertz CT molecular complexity index is 1560. The van der Waals surface area contributed by atoms with E-state index in [2.05, 4.69) is 10.00 Å². The van der Waals surface area contributed by atoms with Crippen molar-refractivity contribution in [3.63, 3.8) is 0 Å². The molecule has 2 aromatic carbocycles. The molecule has 0 radical (unpaired) electrons. The van der Waals surface area contributed by atoms with Gasteiger partial charge in [0.25, 0.3) is 5.91 Å². The van der Waals surface area contributed by atoms with E-state index in [1.54, 1.807) is 22.9 Å². The number of amides is 3. The van der Waals surface area contributed by atoms with Crippen LogP contribution in [-0.2, 0) is 9.53 Å². The standard InChI is InChI=1S/C35H43ClN6O4/c1-24-10-11-30(18-33(24)36)41(35(45)46-31-12-16-39(17-13-31)26(3)43)15-7-14-38-20-27-22-40(23-28(27)21-38)34(44)32-19-37-42(25(32)2)29-8-5-4-6-9-29/h4-6,8-11,18-19,27-28,31H,7,12-17,20-23H2,1-3H3. The Kier molecular flexibility index (Phi) is 9.65. The Balaban J connectivity index is 1.02.